The van der Waals surface area contributed by atoms with Crippen LogP contribution in [0.25, 0.3) is 11.3 Å². The van der Waals surface area contributed by atoms with Gasteiger partial charge in [-0.2, -0.15) is 13.2 Å². The highest BCUT2D eigenvalue weighted by Gasteiger charge is 2.32. The van der Waals surface area contributed by atoms with Crippen LogP contribution in [0, 0.1) is 0 Å². The molecule has 28 heavy (non-hydrogen) atoms. The van der Waals surface area contributed by atoms with Crippen LogP contribution in [0.3, 0.4) is 0 Å². The molecule has 1 aromatic carbocycles. The third-order valence-corrected chi connectivity index (χ3v) is 5.24. The summed E-state index contributed by atoms with van der Waals surface area (Å²) in [6, 6.07) is 2.03. The van der Waals surface area contributed by atoms with E-state index in [9.17, 15) is 13.2 Å². The monoisotopic (exact) mass is 433 g/mol. The zero-order valence-electron chi connectivity index (χ0n) is 16.3. The number of hydrogen-bond donors (Lipinski definition) is 1. The first-order valence-electron chi connectivity index (χ1n) is 9.38. The lowest BCUT2D eigenvalue weighted by atomic mass is 10.0. The Morgan fingerprint density at radius 1 is 0.929 bits per heavy atom. The lowest BCUT2D eigenvalue weighted by Crippen LogP contribution is -2.20. The van der Waals surface area contributed by atoms with E-state index in [-0.39, 0.29) is 21.7 Å². The molecule has 0 radical (unpaired) electrons. The molecule has 0 atom stereocenters. The number of benzene rings is 1. The first-order valence-corrected chi connectivity index (χ1v) is 10.1. The molecular formula is C20H24Cl2F3N3. The number of nitrogens with one attached hydrogen (secondary N) is 1. The van der Waals surface area contributed by atoms with Crippen molar-refractivity contribution in [3.63, 3.8) is 0 Å². The zero-order chi connectivity index (χ0) is 21.1. The minimum atomic E-state index is -4.53. The molecule has 0 saturated carbocycles. The molecule has 0 aliphatic carbocycles. The highest BCUT2D eigenvalue weighted by atomic mass is 35.5. The summed E-state index contributed by atoms with van der Waals surface area (Å²) in [6.07, 6.45) is -1.48. The van der Waals surface area contributed by atoms with Gasteiger partial charge < -0.3 is 5.32 Å². The van der Waals surface area contributed by atoms with Crippen molar-refractivity contribution >= 4 is 29.0 Å². The Bertz CT molecular complexity index is 811. The minimum absolute atomic E-state index is 0.0911. The lowest BCUT2D eigenvalue weighted by Gasteiger charge is -2.20. The van der Waals surface area contributed by atoms with Crippen molar-refractivity contribution in [1.29, 1.82) is 0 Å². The van der Waals surface area contributed by atoms with Crippen LogP contribution in [0.4, 0.5) is 19.0 Å². The fourth-order valence-corrected chi connectivity index (χ4v) is 3.63. The maximum Gasteiger partial charge on any atom is 0.416 e. The van der Waals surface area contributed by atoms with E-state index >= 15 is 0 Å². The zero-order valence-corrected chi connectivity index (χ0v) is 17.9. The van der Waals surface area contributed by atoms with Crippen LogP contribution in [0.2, 0.25) is 10.0 Å². The van der Waals surface area contributed by atoms with Gasteiger partial charge in [0.25, 0.3) is 0 Å². The lowest BCUT2D eigenvalue weighted by molar-refractivity contribution is -0.137. The summed E-state index contributed by atoms with van der Waals surface area (Å²) < 4.78 is 39.1. The van der Waals surface area contributed by atoms with Gasteiger partial charge in [0.15, 0.2) is 0 Å². The molecule has 3 nitrogen and oxygen atoms in total. The largest absolute Gasteiger partial charge is 0.416 e. The summed E-state index contributed by atoms with van der Waals surface area (Å²) >= 11 is 12.4. The molecule has 1 N–H and O–H groups in total. The van der Waals surface area contributed by atoms with Crippen molar-refractivity contribution in [2.45, 2.75) is 65.6 Å². The minimum Gasteiger partial charge on any atom is -0.366 e. The number of rotatable bonds is 7. The molecular weight excluding hydrogens is 410 g/mol. The van der Waals surface area contributed by atoms with Crippen LogP contribution in [0.1, 0.15) is 57.5 Å². The molecule has 2 rings (SSSR count). The highest BCUT2D eigenvalue weighted by Crippen LogP contribution is 2.41. The van der Waals surface area contributed by atoms with Crippen molar-refractivity contribution < 1.29 is 13.2 Å². The van der Waals surface area contributed by atoms with Gasteiger partial charge in [0.1, 0.15) is 5.82 Å². The van der Waals surface area contributed by atoms with Gasteiger partial charge in [-0.15, -0.1) is 0 Å². The molecule has 8 heteroatoms. The summed E-state index contributed by atoms with van der Waals surface area (Å²) in [6.45, 7) is 8.05. The van der Waals surface area contributed by atoms with E-state index in [1.807, 2.05) is 13.8 Å². The average Bonchev–Trinajstić information content (AvgIpc) is 2.64. The van der Waals surface area contributed by atoms with E-state index in [1.54, 1.807) is 0 Å². The van der Waals surface area contributed by atoms with Crippen molar-refractivity contribution in [1.82, 2.24) is 9.97 Å². The normalized spacial score (nSPS) is 11.9. The Morgan fingerprint density at radius 2 is 1.46 bits per heavy atom. The SMILES string of the molecule is CCc1nc(-c2c(Cl)cc(C(F)(F)F)cc2Cl)c(CC)nc1NC(CC)CC. The van der Waals surface area contributed by atoms with Crippen LogP contribution in [-0.4, -0.2) is 16.0 Å². The second-order valence-electron chi connectivity index (χ2n) is 6.49. The number of anilines is 1. The number of aryl methyl sites for hydroxylation is 2. The third kappa shape index (κ3) is 4.90. The maximum atomic E-state index is 13.0. The average molecular weight is 434 g/mol. The van der Waals surface area contributed by atoms with Gasteiger partial charge in [-0.3, -0.25) is 0 Å². The van der Waals surface area contributed by atoms with Gasteiger partial charge in [0.2, 0.25) is 0 Å². The Morgan fingerprint density at radius 3 is 1.89 bits per heavy atom. The van der Waals surface area contributed by atoms with Gasteiger partial charge in [-0.1, -0.05) is 50.9 Å². The summed E-state index contributed by atoms with van der Waals surface area (Å²) in [5.74, 6) is 0.705. The van der Waals surface area contributed by atoms with Crippen LogP contribution < -0.4 is 5.32 Å². The first kappa shape index (κ1) is 22.8. The van der Waals surface area contributed by atoms with Crippen LogP contribution in [0.15, 0.2) is 12.1 Å². The predicted octanol–water partition coefficient (Wildman–Crippen LogP) is 7.19. The van der Waals surface area contributed by atoms with Crippen LogP contribution in [-0.2, 0) is 19.0 Å². The summed E-state index contributed by atoms with van der Waals surface area (Å²) in [4.78, 5) is 9.41. The smallest absolute Gasteiger partial charge is 0.366 e. The second kappa shape index (κ2) is 9.31. The Balaban J connectivity index is 2.63. The summed E-state index contributed by atoms with van der Waals surface area (Å²) in [7, 11) is 0. The Hall–Kier alpha value is -1.53. The van der Waals surface area contributed by atoms with Crippen LogP contribution >= 0.6 is 23.2 Å². The molecule has 1 heterocycles. The second-order valence-corrected chi connectivity index (χ2v) is 7.31. The van der Waals surface area contributed by atoms with E-state index in [2.05, 4.69) is 19.2 Å². The van der Waals surface area contributed by atoms with E-state index in [0.717, 1.165) is 30.7 Å². The number of halogens is 5. The Labute approximate surface area is 173 Å². The van der Waals surface area contributed by atoms with E-state index in [1.165, 1.54) is 0 Å². The molecule has 0 amide bonds. The predicted molar refractivity (Wildman–Crippen MR) is 109 cm³/mol. The van der Waals surface area contributed by atoms with Gasteiger partial charge in [0, 0.05) is 11.6 Å². The Kier molecular flexibility index (Phi) is 7.57. The molecule has 0 fully saturated rings. The van der Waals surface area contributed by atoms with E-state index < -0.39 is 11.7 Å². The summed E-state index contributed by atoms with van der Waals surface area (Å²) in [5, 5.41) is 3.24. The van der Waals surface area contributed by atoms with Gasteiger partial charge in [-0.05, 0) is 37.8 Å². The third-order valence-electron chi connectivity index (χ3n) is 4.64. The molecule has 0 aliphatic heterocycles. The number of alkyl halides is 3. The quantitative estimate of drug-likeness (QED) is 0.501. The molecule has 0 bridgehead atoms. The molecule has 0 saturated heterocycles. The maximum absolute atomic E-state index is 13.0. The van der Waals surface area contributed by atoms with Crippen molar-refractivity contribution in [2.24, 2.45) is 0 Å². The molecule has 0 spiro atoms. The molecule has 1 aromatic heterocycles. The van der Waals surface area contributed by atoms with Crippen LogP contribution in [0.5, 0.6) is 0 Å². The number of nitrogens with zero attached hydrogens (tertiary/aromatic N) is 2. The van der Waals surface area contributed by atoms with Gasteiger partial charge in [-0.25, -0.2) is 9.97 Å². The van der Waals surface area contributed by atoms with E-state index in [4.69, 9.17) is 33.2 Å². The van der Waals surface area contributed by atoms with Gasteiger partial charge >= 0.3 is 6.18 Å². The molecule has 0 aliphatic rings. The highest BCUT2D eigenvalue weighted by molar-refractivity contribution is 6.39. The molecule has 2 aromatic rings. The standard InChI is InChI=1S/C20H24Cl2F3N3/c1-5-12(6-2)26-19-16(8-4)27-18(15(7-3)28-19)17-13(21)9-11(10-14(17)22)20(23,24)25/h9-10,12H,5-8H2,1-4H3,(H,26,28). The molecule has 154 valence electrons. The molecule has 0 unspecified atom stereocenters. The number of aromatic nitrogens is 2. The van der Waals surface area contributed by atoms with Gasteiger partial charge in [0.05, 0.1) is 32.7 Å². The van der Waals surface area contributed by atoms with E-state index in [0.29, 0.717) is 30.0 Å². The summed E-state index contributed by atoms with van der Waals surface area (Å²) in [5.41, 5.74) is 1.18. The topological polar surface area (TPSA) is 37.8 Å². The number of hydrogen-bond acceptors (Lipinski definition) is 3. The van der Waals surface area contributed by atoms with Crippen molar-refractivity contribution in [3.8, 4) is 11.3 Å². The van der Waals surface area contributed by atoms with Crippen molar-refractivity contribution in [3.05, 3.63) is 39.1 Å². The fraction of sp³-hybridized carbons (Fsp3) is 0.500. The van der Waals surface area contributed by atoms with Crippen molar-refractivity contribution in [2.75, 3.05) is 5.32 Å². The first-order chi connectivity index (χ1) is 13.2. The fourth-order valence-electron chi connectivity index (χ4n) is 2.96.